The molecular formula is C11H11N5O3. The summed E-state index contributed by atoms with van der Waals surface area (Å²) in [6, 6.07) is 3.02. The molecule has 1 amide bonds. The molecule has 0 saturated heterocycles. The minimum atomic E-state index is -1.06. The van der Waals surface area contributed by atoms with Gasteiger partial charge < -0.3 is 10.4 Å². The summed E-state index contributed by atoms with van der Waals surface area (Å²) in [7, 11) is 1.49. The highest BCUT2D eigenvalue weighted by Crippen LogP contribution is 2.09. The van der Waals surface area contributed by atoms with E-state index in [-0.39, 0.29) is 17.2 Å². The maximum absolute atomic E-state index is 11.3. The first-order chi connectivity index (χ1) is 9.02. The maximum atomic E-state index is 11.3. The van der Waals surface area contributed by atoms with Crippen LogP contribution in [0.3, 0.4) is 0 Å². The molecule has 98 valence electrons. The molecule has 0 aromatic carbocycles. The van der Waals surface area contributed by atoms with Crippen LogP contribution in [0.1, 0.15) is 26.5 Å². The van der Waals surface area contributed by atoms with Crippen LogP contribution in [0.15, 0.2) is 18.3 Å². The number of aromatic nitrogens is 4. The van der Waals surface area contributed by atoms with Gasteiger partial charge in [-0.05, 0) is 19.1 Å². The van der Waals surface area contributed by atoms with Crippen LogP contribution in [0, 0.1) is 6.92 Å². The van der Waals surface area contributed by atoms with E-state index in [0.717, 1.165) is 0 Å². The Balaban J connectivity index is 2.35. The average Bonchev–Trinajstić information content (AvgIpc) is 2.80. The number of carbonyl (C=O) groups excluding carboxylic acids is 1. The molecule has 0 fully saturated rings. The van der Waals surface area contributed by atoms with Crippen molar-refractivity contribution in [3.05, 3.63) is 35.3 Å². The summed E-state index contributed by atoms with van der Waals surface area (Å²) in [5.74, 6) is -1.07. The number of nitrogens with zero attached hydrogens (tertiary/aromatic N) is 4. The Morgan fingerprint density at radius 2 is 2.05 bits per heavy atom. The SMILES string of the molecule is CNC(=O)c1ccc(-n2cc(C(=O)O)c(C)n2)nn1. The molecule has 0 saturated carbocycles. The standard InChI is InChI=1S/C11H11N5O3/c1-6-7(11(18)19)5-16(15-6)9-4-3-8(13-14-9)10(17)12-2/h3-5H,1-2H3,(H,12,17)(H,18,19). The van der Waals surface area contributed by atoms with Gasteiger partial charge in [-0.3, -0.25) is 4.79 Å². The van der Waals surface area contributed by atoms with Gasteiger partial charge in [-0.1, -0.05) is 0 Å². The first kappa shape index (κ1) is 12.7. The molecule has 2 N–H and O–H groups in total. The monoisotopic (exact) mass is 261 g/mol. The van der Waals surface area contributed by atoms with Crippen LogP contribution in [0.25, 0.3) is 5.82 Å². The van der Waals surface area contributed by atoms with E-state index in [0.29, 0.717) is 11.5 Å². The maximum Gasteiger partial charge on any atom is 0.339 e. The summed E-state index contributed by atoms with van der Waals surface area (Å²) in [5.41, 5.74) is 0.649. The molecule has 19 heavy (non-hydrogen) atoms. The zero-order valence-electron chi connectivity index (χ0n) is 10.3. The number of carbonyl (C=O) groups is 2. The molecule has 2 aromatic rings. The molecule has 0 aliphatic carbocycles. The lowest BCUT2D eigenvalue weighted by molar-refractivity contribution is 0.0696. The van der Waals surface area contributed by atoms with E-state index in [1.54, 1.807) is 6.92 Å². The Hall–Kier alpha value is -2.77. The summed E-state index contributed by atoms with van der Waals surface area (Å²) in [4.78, 5) is 22.2. The van der Waals surface area contributed by atoms with Crippen molar-refractivity contribution in [1.29, 1.82) is 0 Å². The second kappa shape index (κ2) is 4.84. The number of hydrogen-bond acceptors (Lipinski definition) is 5. The molecule has 0 atom stereocenters. The van der Waals surface area contributed by atoms with Crippen LogP contribution in [-0.4, -0.2) is 44.0 Å². The molecule has 8 heteroatoms. The fourth-order valence-electron chi connectivity index (χ4n) is 1.48. The average molecular weight is 261 g/mol. The van der Waals surface area contributed by atoms with E-state index >= 15 is 0 Å². The van der Waals surface area contributed by atoms with Crippen LogP contribution in [0.5, 0.6) is 0 Å². The van der Waals surface area contributed by atoms with Crippen molar-refractivity contribution >= 4 is 11.9 Å². The van der Waals surface area contributed by atoms with E-state index < -0.39 is 5.97 Å². The minimum absolute atomic E-state index is 0.0946. The second-order valence-electron chi connectivity index (χ2n) is 3.73. The molecule has 8 nitrogen and oxygen atoms in total. The van der Waals surface area contributed by atoms with Gasteiger partial charge in [0.15, 0.2) is 11.5 Å². The lowest BCUT2D eigenvalue weighted by atomic mass is 10.3. The molecule has 2 heterocycles. The van der Waals surface area contributed by atoms with Crippen molar-refractivity contribution in [1.82, 2.24) is 25.3 Å². The number of hydrogen-bond donors (Lipinski definition) is 2. The van der Waals surface area contributed by atoms with Gasteiger partial charge >= 0.3 is 5.97 Å². The van der Waals surface area contributed by atoms with Crippen molar-refractivity contribution in [2.45, 2.75) is 6.92 Å². The Bertz CT molecular complexity index is 632. The largest absolute Gasteiger partial charge is 0.478 e. The van der Waals surface area contributed by atoms with Crippen molar-refractivity contribution in [3.63, 3.8) is 0 Å². The van der Waals surface area contributed by atoms with Crippen molar-refractivity contribution in [3.8, 4) is 5.82 Å². The molecule has 0 aliphatic rings. The quantitative estimate of drug-likeness (QED) is 0.806. The summed E-state index contributed by atoms with van der Waals surface area (Å²) < 4.78 is 1.30. The predicted molar refractivity (Wildman–Crippen MR) is 64.2 cm³/mol. The van der Waals surface area contributed by atoms with Crippen molar-refractivity contribution in [2.75, 3.05) is 7.05 Å². The number of nitrogens with one attached hydrogen (secondary N) is 1. The van der Waals surface area contributed by atoms with E-state index in [1.807, 2.05) is 0 Å². The first-order valence-corrected chi connectivity index (χ1v) is 5.38. The van der Waals surface area contributed by atoms with Crippen molar-refractivity contribution in [2.24, 2.45) is 0 Å². The summed E-state index contributed by atoms with van der Waals surface area (Å²) in [6.07, 6.45) is 1.35. The molecule has 2 rings (SSSR count). The Labute approximate surface area is 108 Å². The Morgan fingerprint density at radius 1 is 1.32 bits per heavy atom. The van der Waals surface area contributed by atoms with E-state index in [4.69, 9.17) is 5.11 Å². The Kier molecular flexibility index (Phi) is 3.23. The fourth-order valence-corrected chi connectivity index (χ4v) is 1.48. The minimum Gasteiger partial charge on any atom is -0.478 e. The molecular weight excluding hydrogens is 250 g/mol. The van der Waals surface area contributed by atoms with Gasteiger partial charge in [0.05, 0.1) is 5.69 Å². The Morgan fingerprint density at radius 3 is 2.53 bits per heavy atom. The normalized spacial score (nSPS) is 10.2. The lowest BCUT2D eigenvalue weighted by Gasteiger charge is -2.00. The topological polar surface area (TPSA) is 110 Å². The van der Waals surface area contributed by atoms with Crippen molar-refractivity contribution < 1.29 is 14.7 Å². The molecule has 0 bridgehead atoms. The zero-order chi connectivity index (χ0) is 14.0. The highest BCUT2D eigenvalue weighted by molar-refractivity contribution is 5.91. The third kappa shape index (κ3) is 2.41. The highest BCUT2D eigenvalue weighted by Gasteiger charge is 2.14. The van der Waals surface area contributed by atoms with Gasteiger partial charge in [0.1, 0.15) is 5.56 Å². The molecule has 2 aromatic heterocycles. The number of rotatable bonds is 3. The second-order valence-corrected chi connectivity index (χ2v) is 3.73. The number of aromatic carboxylic acids is 1. The highest BCUT2D eigenvalue weighted by atomic mass is 16.4. The van der Waals surface area contributed by atoms with Crippen LogP contribution in [0.2, 0.25) is 0 Å². The van der Waals surface area contributed by atoms with Crippen LogP contribution in [-0.2, 0) is 0 Å². The van der Waals surface area contributed by atoms with Crippen LogP contribution in [0.4, 0.5) is 0 Å². The van der Waals surface area contributed by atoms with Gasteiger partial charge in [-0.25, -0.2) is 9.48 Å². The zero-order valence-corrected chi connectivity index (χ0v) is 10.3. The van der Waals surface area contributed by atoms with Gasteiger partial charge in [0.2, 0.25) is 0 Å². The third-order valence-corrected chi connectivity index (χ3v) is 2.47. The molecule has 0 radical (unpaired) electrons. The third-order valence-electron chi connectivity index (χ3n) is 2.47. The van der Waals surface area contributed by atoms with Gasteiger partial charge in [0, 0.05) is 13.2 Å². The molecule has 0 aliphatic heterocycles. The number of carboxylic acids is 1. The van der Waals surface area contributed by atoms with E-state index in [1.165, 1.54) is 30.1 Å². The predicted octanol–water partition coefficient (Wildman–Crippen LogP) is 0.0285. The molecule has 0 spiro atoms. The number of carboxylic acid groups (broad SMARTS) is 1. The fraction of sp³-hybridized carbons (Fsp3) is 0.182. The van der Waals surface area contributed by atoms with Crippen LogP contribution < -0.4 is 5.32 Å². The number of amides is 1. The lowest BCUT2D eigenvalue weighted by Crippen LogP contribution is -2.19. The van der Waals surface area contributed by atoms with Crippen LogP contribution >= 0.6 is 0 Å². The van der Waals surface area contributed by atoms with E-state index in [9.17, 15) is 9.59 Å². The molecule has 0 unspecified atom stereocenters. The van der Waals surface area contributed by atoms with Gasteiger partial charge in [-0.2, -0.15) is 5.10 Å². The summed E-state index contributed by atoms with van der Waals surface area (Å²) in [6.45, 7) is 1.59. The summed E-state index contributed by atoms with van der Waals surface area (Å²) >= 11 is 0. The van der Waals surface area contributed by atoms with Gasteiger partial charge in [0.25, 0.3) is 5.91 Å². The van der Waals surface area contributed by atoms with Gasteiger partial charge in [-0.15, -0.1) is 10.2 Å². The first-order valence-electron chi connectivity index (χ1n) is 5.38. The smallest absolute Gasteiger partial charge is 0.339 e. The van der Waals surface area contributed by atoms with E-state index in [2.05, 4.69) is 20.6 Å². The summed E-state index contributed by atoms with van der Waals surface area (Å²) in [5, 5.41) is 23.0. The number of aryl methyl sites for hydroxylation is 1.